The van der Waals surface area contributed by atoms with Crippen LogP contribution in [0, 0.1) is 0 Å². The lowest BCUT2D eigenvalue weighted by molar-refractivity contribution is 0.249. The molecule has 0 saturated heterocycles. The van der Waals surface area contributed by atoms with Crippen LogP contribution in [-0.2, 0) is 6.42 Å². The number of amides is 2. The van der Waals surface area contributed by atoms with E-state index in [1.165, 1.54) is 0 Å². The third-order valence-electron chi connectivity index (χ3n) is 3.13. The number of hydrogen-bond acceptors (Lipinski definition) is 5. The first-order valence-electron chi connectivity index (χ1n) is 6.99. The monoisotopic (exact) mass is 316 g/mol. The Hall–Kier alpha value is -2.48. The average Bonchev–Trinajstić information content (AvgIpc) is 3.12. The number of carbonyl (C=O) groups is 1. The number of urea groups is 1. The summed E-state index contributed by atoms with van der Waals surface area (Å²) < 4.78 is 1.60. The molecule has 3 aromatic heterocycles. The fourth-order valence-corrected chi connectivity index (χ4v) is 2.82. The predicted octanol–water partition coefficient (Wildman–Crippen LogP) is 2.63. The summed E-state index contributed by atoms with van der Waals surface area (Å²) in [6.45, 7) is 3.95. The van der Waals surface area contributed by atoms with Gasteiger partial charge in [-0.15, -0.1) is 16.4 Å². The highest BCUT2D eigenvalue weighted by atomic mass is 32.1. The van der Waals surface area contributed by atoms with Crippen LogP contribution in [0.3, 0.4) is 0 Å². The third kappa shape index (κ3) is 3.06. The molecule has 0 aromatic carbocycles. The molecule has 0 saturated carbocycles. The predicted molar refractivity (Wildman–Crippen MR) is 85.0 cm³/mol. The van der Waals surface area contributed by atoms with E-state index >= 15 is 0 Å². The van der Waals surface area contributed by atoms with E-state index in [0.717, 1.165) is 17.1 Å². The van der Waals surface area contributed by atoms with E-state index in [0.29, 0.717) is 5.65 Å². The molecule has 0 aliphatic heterocycles. The van der Waals surface area contributed by atoms with Crippen molar-refractivity contribution in [3.63, 3.8) is 0 Å². The summed E-state index contributed by atoms with van der Waals surface area (Å²) in [6, 6.07) is 5.01. The van der Waals surface area contributed by atoms with Crippen LogP contribution in [0.25, 0.3) is 5.65 Å². The van der Waals surface area contributed by atoms with Gasteiger partial charge in [0.05, 0.1) is 16.7 Å². The molecule has 114 valence electrons. The topological polar surface area (TPSA) is 84.2 Å². The number of anilines is 1. The zero-order valence-electron chi connectivity index (χ0n) is 12.3. The second-order valence-electron chi connectivity index (χ2n) is 4.78. The molecule has 1 atom stereocenters. The summed E-state index contributed by atoms with van der Waals surface area (Å²) in [4.78, 5) is 20.7. The summed E-state index contributed by atoms with van der Waals surface area (Å²) in [5, 5.41) is 12.7. The Bertz CT molecular complexity index is 762. The number of aromatic nitrogens is 4. The van der Waals surface area contributed by atoms with Crippen molar-refractivity contribution in [2.24, 2.45) is 0 Å². The fourth-order valence-electron chi connectivity index (χ4n) is 1.98. The number of nitrogens with zero attached hydrogens (tertiary/aromatic N) is 4. The molecule has 22 heavy (non-hydrogen) atoms. The smallest absolute Gasteiger partial charge is 0.322 e. The molecule has 2 N–H and O–H groups in total. The number of nitrogens with one attached hydrogen (secondary N) is 2. The molecule has 3 rings (SSSR count). The van der Waals surface area contributed by atoms with Crippen LogP contribution in [-0.4, -0.2) is 25.6 Å². The second kappa shape index (κ2) is 6.10. The van der Waals surface area contributed by atoms with Crippen molar-refractivity contribution in [1.82, 2.24) is 24.9 Å². The van der Waals surface area contributed by atoms with E-state index in [2.05, 4.69) is 32.6 Å². The molecule has 0 unspecified atom stereocenters. The van der Waals surface area contributed by atoms with Gasteiger partial charge in [-0.3, -0.25) is 5.32 Å². The van der Waals surface area contributed by atoms with E-state index in [1.807, 2.05) is 30.5 Å². The maximum Gasteiger partial charge on any atom is 0.322 e. The zero-order valence-corrected chi connectivity index (χ0v) is 13.1. The first-order chi connectivity index (χ1) is 10.7. The molecule has 0 aliphatic rings. The number of hydrogen-bond donors (Lipinski definition) is 2. The Kier molecular flexibility index (Phi) is 4.01. The zero-order chi connectivity index (χ0) is 15.5. The highest BCUT2D eigenvalue weighted by Crippen LogP contribution is 2.17. The summed E-state index contributed by atoms with van der Waals surface area (Å²) in [5.74, 6) is 0.267. The molecular formula is C14H16N6OS. The summed E-state index contributed by atoms with van der Waals surface area (Å²) in [5.41, 5.74) is 1.54. The first-order valence-corrected chi connectivity index (χ1v) is 7.87. The Morgan fingerprint density at radius 1 is 1.41 bits per heavy atom. The number of fused-ring (bicyclic) bond motifs is 1. The largest absolute Gasteiger partial charge is 0.330 e. The number of pyridine rings is 1. The minimum absolute atomic E-state index is 0.173. The van der Waals surface area contributed by atoms with Gasteiger partial charge in [-0.25, -0.2) is 14.3 Å². The van der Waals surface area contributed by atoms with Crippen LogP contribution < -0.4 is 10.6 Å². The van der Waals surface area contributed by atoms with E-state index in [4.69, 9.17) is 0 Å². The lowest BCUT2D eigenvalue weighted by Crippen LogP contribution is -2.31. The van der Waals surface area contributed by atoms with Crippen molar-refractivity contribution in [1.29, 1.82) is 0 Å². The number of thiazole rings is 1. The van der Waals surface area contributed by atoms with Crippen LogP contribution in [0.2, 0.25) is 0 Å². The highest BCUT2D eigenvalue weighted by Gasteiger charge is 2.14. The molecule has 3 aromatic rings. The number of rotatable bonds is 4. The van der Waals surface area contributed by atoms with Crippen LogP contribution in [0.5, 0.6) is 0 Å². The molecule has 0 fully saturated rings. The van der Waals surface area contributed by atoms with E-state index in [-0.39, 0.29) is 18.0 Å². The van der Waals surface area contributed by atoms with Crippen molar-refractivity contribution < 1.29 is 4.79 Å². The van der Waals surface area contributed by atoms with Gasteiger partial charge in [0, 0.05) is 11.6 Å². The van der Waals surface area contributed by atoms with Crippen molar-refractivity contribution in [3.8, 4) is 0 Å². The van der Waals surface area contributed by atoms with Gasteiger partial charge >= 0.3 is 6.03 Å². The van der Waals surface area contributed by atoms with E-state index in [1.54, 1.807) is 22.0 Å². The van der Waals surface area contributed by atoms with Crippen LogP contribution in [0.15, 0.2) is 29.8 Å². The van der Waals surface area contributed by atoms with Gasteiger partial charge in [0.25, 0.3) is 5.95 Å². The van der Waals surface area contributed by atoms with Gasteiger partial charge in [-0.2, -0.15) is 4.98 Å². The van der Waals surface area contributed by atoms with Crippen molar-refractivity contribution in [2.45, 2.75) is 26.3 Å². The summed E-state index contributed by atoms with van der Waals surface area (Å²) >= 11 is 1.60. The lowest BCUT2D eigenvalue weighted by atomic mass is 10.3. The van der Waals surface area contributed by atoms with E-state index in [9.17, 15) is 4.79 Å². The standard InChI is InChI=1S/C14H16N6OS/c1-3-12-16-10(8-22-12)9(2)15-14(21)18-13-17-11-6-4-5-7-20(11)19-13/h4-9H,3H2,1-2H3,(H2,15,18,19,21)/t9-/m1/s1. The van der Waals surface area contributed by atoms with Gasteiger partial charge in [0.2, 0.25) is 0 Å². The maximum atomic E-state index is 12.0. The van der Waals surface area contributed by atoms with Gasteiger partial charge in [-0.1, -0.05) is 13.0 Å². The van der Waals surface area contributed by atoms with Gasteiger partial charge in [0.1, 0.15) is 0 Å². The fraction of sp³-hybridized carbons (Fsp3) is 0.286. The number of aryl methyl sites for hydroxylation is 1. The summed E-state index contributed by atoms with van der Waals surface area (Å²) in [6.07, 6.45) is 2.67. The highest BCUT2D eigenvalue weighted by molar-refractivity contribution is 7.09. The second-order valence-corrected chi connectivity index (χ2v) is 5.72. The molecule has 8 heteroatoms. The van der Waals surface area contributed by atoms with Gasteiger partial charge in [-0.05, 0) is 25.5 Å². The summed E-state index contributed by atoms with van der Waals surface area (Å²) in [7, 11) is 0. The minimum atomic E-state index is -0.352. The maximum absolute atomic E-state index is 12.0. The molecule has 0 bridgehead atoms. The molecule has 7 nitrogen and oxygen atoms in total. The molecular weight excluding hydrogens is 300 g/mol. The Labute approximate surface area is 131 Å². The van der Waals surface area contributed by atoms with Crippen molar-refractivity contribution >= 4 is 29.0 Å². The lowest BCUT2D eigenvalue weighted by Gasteiger charge is -2.11. The van der Waals surface area contributed by atoms with Crippen molar-refractivity contribution in [3.05, 3.63) is 40.5 Å². The number of carbonyl (C=O) groups excluding carboxylic acids is 1. The third-order valence-corrected chi connectivity index (χ3v) is 4.14. The molecule has 0 spiro atoms. The Morgan fingerprint density at radius 3 is 3.00 bits per heavy atom. The van der Waals surface area contributed by atoms with Crippen molar-refractivity contribution in [2.75, 3.05) is 5.32 Å². The van der Waals surface area contributed by atoms with Crippen LogP contribution >= 0.6 is 11.3 Å². The van der Waals surface area contributed by atoms with Gasteiger partial charge < -0.3 is 5.32 Å². The molecule has 0 radical (unpaired) electrons. The molecule has 3 heterocycles. The Morgan fingerprint density at radius 2 is 2.27 bits per heavy atom. The molecule has 0 aliphatic carbocycles. The van der Waals surface area contributed by atoms with E-state index < -0.39 is 0 Å². The molecule has 2 amide bonds. The minimum Gasteiger partial charge on any atom is -0.330 e. The average molecular weight is 316 g/mol. The Balaban J connectivity index is 1.64. The normalized spacial score (nSPS) is 12.3. The SMILES string of the molecule is CCc1nc([C@@H](C)NC(=O)Nc2nc3ccccn3n2)cs1. The van der Waals surface area contributed by atoms with Crippen LogP contribution in [0.1, 0.15) is 30.6 Å². The van der Waals surface area contributed by atoms with Gasteiger partial charge in [0.15, 0.2) is 5.65 Å². The quantitative estimate of drug-likeness (QED) is 0.775. The van der Waals surface area contributed by atoms with Crippen LogP contribution in [0.4, 0.5) is 10.7 Å². The first kappa shape index (κ1) is 14.5.